The number of aromatic nitrogens is 3. The van der Waals surface area contributed by atoms with Gasteiger partial charge in [0, 0.05) is 31.2 Å². The minimum atomic E-state index is 0.232. The Bertz CT molecular complexity index is 663. The Balaban J connectivity index is 1.52. The molecule has 1 saturated heterocycles. The summed E-state index contributed by atoms with van der Waals surface area (Å²) in [5, 5.41) is 4.24. The van der Waals surface area contributed by atoms with Gasteiger partial charge in [-0.05, 0) is 31.7 Å². The summed E-state index contributed by atoms with van der Waals surface area (Å²) >= 11 is 0. The van der Waals surface area contributed by atoms with E-state index >= 15 is 0 Å². The average Bonchev–Trinajstić information content (AvgIpc) is 3.25. The second-order valence-electron chi connectivity index (χ2n) is 6.01. The number of carbonyl (C=O) groups is 1. The summed E-state index contributed by atoms with van der Waals surface area (Å²) in [7, 11) is 0. The van der Waals surface area contributed by atoms with Gasteiger partial charge in [0.2, 0.25) is 5.91 Å². The third-order valence-corrected chi connectivity index (χ3v) is 4.35. The van der Waals surface area contributed by atoms with E-state index in [0.29, 0.717) is 0 Å². The number of carbonyl (C=O) groups excluding carboxylic acids is 1. The lowest BCUT2D eigenvalue weighted by Gasteiger charge is -2.34. The van der Waals surface area contributed by atoms with E-state index in [2.05, 4.69) is 25.2 Å². The maximum Gasteiger partial charge on any atom is 0.223 e. The van der Waals surface area contributed by atoms with Crippen molar-refractivity contribution in [2.24, 2.45) is 5.92 Å². The molecular formula is C15H19N5O. The van der Waals surface area contributed by atoms with Gasteiger partial charge in [0.25, 0.3) is 0 Å². The van der Waals surface area contributed by atoms with Crippen LogP contribution in [0.3, 0.4) is 0 Å². The Morgan fingerprint density at radius 2 is 2.24 bits per heavy atom. The fraction of sp³-hybridized carbons (Fsp3) is 0.533. The molecule has 1 saturated carbocycles. The first-order valence-corrected chi connectivity index (χ1v) is 7.64. The van der Waals surface area contributed by atoms with Crippen molar-refractivity contribution < 1.29 is 4.79 Å². The molecule has 2 N–H and O–H groups in total. The molecular weight excluding hydrogens is 266 g/mol. The minimum absolute atomic E-state index is 0.232. The number of amides is 1. The van der Waals surface area contributed by atoms with Crippen LogP contribution in [0.25, 0.3) is 11.0 Å². The second-order valence-corrected chi connectivity index (χ2v) is 6.01. The molecule has 2 aromatic heterocycles. The molecule has 110 valence electrons. The summed E-state index contributed by atoms with van der Waals surface area (Å²) in [6, 6.07) is 2.24. The summed E-state index contributed by atoms with van der Waals surface area (Å²) in [6.07, 6.45) is 7.72. The summed E-state index contributed by atoms with van der Waals surface area (Å²) in [5.41, 5.74) is 0.865. The van der Waals surface area contributed by atoms with Gasteiger partial charge in [0.05, 0.1) is 5.39 Å². The highest BCUT2D eigenvalue weighted by molar-refractivity contribution is 5.87. The SMILES string of the molecule is O=C(NC1CCCN(c2ncnc3[nH]ccc23)C1)C1CC1. The molecule has 3 heterocycles. The smallest absolute Gasteiger partial charge is 0.223 e. The predicted octanol–water partition coefficient (Wildman–Crippen LogP) is 1.45. The molecule has 0 spiro atoms. The van der Waals surface area contributed by atoms with Crippen molar-refractivity contribution in [3.05, 3.63) is 18.6 Å². The number of nitrogens with one attached hydrogen (secondary N) is 2. The van der Waals surface area contributed by atoms with Crippen LogP contribution >= 0.6 is 0 Å². The second kappa shape index (κ2) is 5.02. The minimum Gasteiger partial charge on any atom is -0.354 e. The van der Waals surface area contributed by atoms with Gasteiger partial charge in [-0.2, -0.15) is 0 Å². The van der Waals surface area contributed by atoms with Gasteiger partial charge in [0.1, 0.15) is 17.8 Å². The molecule has 6 heteroatoms. The molecule has 0 radical (unpaired) electrons. The van der Waals surface area contributed by atoms with E-state index in [1.807, 2.05) is 12.3 Å². The number of aromatic amines is 1. The van der Waals surface area contributed by atoms with Crippen LogP contribution in [0.4, 0.5) is 5.82 Å². The quantitative estimate of drug-likeness (QED) is 0.895. The Morgan fingerprint density at radius 1 is 1.33 bits per heavy atom. The molecule has 2 fully saturated rings. The fourth-order valence-corrected chi connectivity index (χ4v) is 3.06. The number of piperidine rings is 1. The molecule has 1 unspecified atom stereocenters. The monoisotopic (exact) mass is 285 g/mol. The first kappa shape index (κ1) is 12.6. The Morgan fingerprint density at radius 3 is 3.10 bits per heavy atom. The van der Waals surface area contributed by atoms with Crippen LogP contribution in [-0.4, -0.2) is 40.0 Å². The molecule has 21 heavy (non-hydrogen) atoms. The van der Waals surface area contributed by atoms with Crippen molar-refractivity contribution >= 4 is 22.8 Å². The van der Waals surface area contributed by atoms with Gasteiger partial charge in [-0.1, -0.05) is 0 Å². The highest BCUT2D eigenvalue weighted by Gasteiger charge is 2.32. The Hall–Kier alpha value is -2.11. The van der Waals surface area contributed by atoms with Gasteiger partial charge < -0.3 is 15.2 Å². The third kappa shape index (κ3) is 2.46. The van der Waals surface area contributed by atoms with Crippen LogP contribution < -0.4 is 10.2 Å². The number of anilines is 1. The molecule has 1 amide bonds. The van der Waals surface area contributed by atoms with Crippen molar-refractivity contribution in [2.45, 2.75) is 31.7 Å². The normalized spacial score (nSPS) is 22.5. The highest BCUT2D eigenvalue weighted by atomic mass is 16.2. The number of fused-ring (bicyclic) bond motifs is 1. The van der Waals surface area contributed by atoms with Gasteiger partial charge >= 0.3 is 0 Å². The third-order valence-electron chi connectivity index (χ3n) is 4.35. The molecule has 1 atom stereocenters. The summed E-state index contributed by atoms with van der Waals surface area (Å²) in [4.78, 5) is 26.0. The van der Waals surface area contributed by atoms with Crippen LogP contribution in [0.1, 0.15) is 25.7 Å². The number of rotatable bonds is 3. The molecule has 0 bridgehead atoms. The van der Waals surface area contributed by atoms with Gasteiger partial charge in [-0.3, -0.25) is 4.79 Å². The average molecular weight is 285 g/mol. The summed E-state index contributed by atoms with van der Waals surface area (Å²) in [5.74, 6) is 1.47. The zero-order valence-corrected chi connectivity index (χ0v) is 11.9. The number of H-pyrrole nitrogens is 1. The number of hydrogen-bond acceptors (Lipinski definition) is 4. The van der Waals surface area contributed by atoms with E-state index in [1.165, 1.54) is 0 Å². The lowest BCUT2D eigenvalue weighted by molar-refractivity contribution is -0.123. The standard InChI is InChI=1S/C15H19N5O/c21-15(10-3-4-10)19-11-2-1-7-20(8-11)14-12-5-6-16-13(12)17-9-18-14/h5-6,9-11H,1-4,7-8H2,(H,19,21)(H,16,17,18). The molecule has 2 aromatic rings. The van der Waals surface area contributed by atoms with E-state index in [9.17, 15) is 4.79 Å². The van der Waals surface area contributed by atoms with E-state index in [0.717, 1.165) is 55.6 Å². The Labute approximate surface area is 123 Å². The van der Waals surface area contributed by atoms with Crippen molar-refractivity contribution in [1.29, 1.82) is 0 Å². The van der Waals surface area contributed by atoms with Crippen LogP contribution in [-0.2, 0) is 4.79 Å². The fourth-order valence-electron chi connectivity index (χ4n) is 3.06. The first-order valence-electron chi connectivity index (χ1n) is 7.64. The summed E-state index contributed by atoms with van der Waals surface area (Å²) < 4.78 is 0. The molecule has 6 nitrogen and oxygen atoms in total. The zero-order valence-electron chi connectivity index (χ0n) is 11.9. The van der Waals surface area contributed by atoms with Gasteiger partial charge in [0.15, 0.2) is 0 Å². The topological polar surface area (TPSA) is 73.9 Å². The van der Waals surface area contributed by atoms with Crippen molar-refractivity contribution in [2.75, 3.05) is 18.0 Å². The lowest BCUT2D eigenvalue weighted by atomic mass is 10.1. The number of nitrogens with zero attached hydrogens (tertiary/aromatic N) is 3. The molecule has 4 rings (SSSR count). The number of hydrogen-bond donors (Lipinski definition) is 2. The van der Waals surface area contributed by atoms with E-state index in [4.69, 9.17) is 0 Å². The molecule has 0 aromatic carbocycles. The zero-order chi connectivity index (χ0) is 14.2. The molecule has 1 aliphatic heterocycles. The van der Waals surface area contributed by atoms with Crippen molar-refractivity contribution in [1.82, 2.24) is 20.3 Å². The molecule has 2 aliphatic rings. The van der Waals surface area contributed by atoms with E-state index < -0.39 is 0 Å². The van der Waals surface area contributed by atoms with Crippen LogP contribution in [0, 0.1) is 5.92 Å². The maximum absolute atomic E-state index is 11.9. The van der Waals surface area contributed by atoms with Crippen LogP contribution in [0.2, 0.25) is 0 Å². The van der Waals surface area contributed by atoms with Crippen LogP contribution in [0.15, 0.2) is 18.6 Å². The predicted molar refractivity (Wildman–Crippen MR) is 80.0 cm³/mol. The van der Waals surface area contributed by atoms with E-state index in [-0.39, 0.29) is 17.9 Å². The summed E-state index contributed by atoms with van der Waals surface area (Å²) in [6.45, 7) is 1.81. The lowest BCUT2D eigenvalue weighted by Crippen LogP contribution is -2.48. The Kier molecular flexibility index (Phi) is 3.02. The van der Waals surface area contributed by atoms with Crippen molar-refractivity contribution in [3.63, 3.8) is 0 Å². The first-order chi connectivity index (χ1) is 10.3. The van der Waals surface area contributed by atoms with Gasteiger partial charge in [-0.15, -0.1) is 0 Å². The maximum atomic E-state index is 11.9. The van der Waals surface area contributed by atoms with E-state index in [1.54, 1.807) is 6.33 Å². The van der Waals surface area contributed by atoms with Crippen LogP contribution in [0.5, 0.6) is 0 Å². The van der Waals surface area contributed by atoms with Crippen molar-refractivity contribution in [3.8, 4) is 0 Å². The largest absolute Gasteiger partial charge is 0.354 e. The van der Waals surface area contributed by atoms with Gasteiger partial charge in [-0.25, -0.2) is 9.97 Å². The molecule has 1 aliphatic carbocycles. The highest BCUT2D eigenvalue weighted by Crippen LogP contribution is 2.30.